The van der Waals surface area contributed by atoms with E-state index in [9.17, 15) is 4.79 Å². The molecule has 6 nitrogen and oxygen atoms in total. The van der Waals surface area contributed by atoms with Gasteiger partial charge in [0.2, 0.25) is 0 Å². The predicted octanol–water partition coefficient (Wildman–Crippen LogP) is 4.40. The summed E-state index contributed by atoms with van der Waals surface area (Å²) >= 11 is 1.82. The van der Waals surface area contributed by atoms with Gasteiger partial charge in [-0.25, -0.2) is 0 Å². The number of nitrogens with zero attached hydrogens (tertiary/aromatic N) is 2. The van der Waals surface area contributed by atoms with Crippen LogP contribution < -0.4 is 16.0 Å². The third-order valence-electron chi connectivity index (χ3n) is 5.28. The Balaban J connectivity index is 0.00000363. The minimum atomic E-state index is -0.258. The molecule has 0 bridgehead atoms. The molecule has 1 amide bonds. The Labute approximate surface area is 213 Å². The minimum Gasteiger partial charge on any atom is -0.354 e. The van der Waals surface area contributed by atoms with E-state index < -0.39 is 0 Å². The van der Waals surface area contributed by atoms with Gasteiger partial charge in [-0.2, -0.15) is 0 Å². The Bertz CT molecular complexity index is 873. The monoisotopic (exact) mass is 569 g/mol. The fraction of sp³-hybridized carbons (Fsp3) is 0.500. The number of hydrogen-bond donors (Lipinski definition) is 3. The van der Waals surface area contributed by atoms with Gasteiger partial charge in [-0.05, 0) is 75.8 Å². The zero-order chi connectivity index (χ0) is 22.3. The Morgan fingerprint density at radius 3 is 2.53 bits per heavy atom. The number of carbonyl (C=O) groups excluding carboxylic acids is 1. The molecule has 1 aliphatic rings. The Morgan fingerprint density at radius 2 is 1.91 bits per heavy atom. The van der Waals surface area contributed by atoms with Crippen LogP contribution in [0, 0.1) is 0 Å². The number of amides is 1. The lowest BCUT2D eigenvalue weighted by molar-refractivity contribution is 0.0919. The molecule has 1 atom stereocenters. The van der Waals surface area contributed by atoms with Crippen molar-refractivity contribution < 1.29 is 4.79 Å². The SMILES string of the molecule is CN=C(NCc1cccc(C(=O)NC(C)(C)C)c1)NCC(c1cccs1)N1CCCC1.I. The van der Waals surface area contributed by atoms with Crippen LogP contribution in [0.15, 0.2) is 46.8 Å². The van der Waals surface area contributed by atoms with Crippen molar-refractivity contribution in [3.8, 4) is 0 Å². The molecular formula is C24H36IN5OS. The highest BCUT2D eigenvalue weighted by Crippen LogP contribution is 2.27. The summed E-state index contributed by atoms with van der Waals surface area (Å²) in [6, 6.07) is 12.4. The lowest BCUT2D eigenvalue weighted by Gasteiger charge is -2.27. The molecule has 1 saturated heterocycles. The molecule has 1 unspecified atom stereocenters. The second-order valence-corrected chi connectivity index (χ2v) is 9.96. The Hall–Kier alpha value is -1.65. The van der Waals surface area contributed by atoms with E-state index in [1.165, 1.54) is 17.7 Å². The van der Waals surface area contributed by atoms with Gasteiger partial charge in [0.25, 0.3) is 5.91 Å². The molecule has 3 N–H and O–H groups in total. The average Bonchev–Trinajstić information content (AvgIpc) is 3.44. The summed E-state index contributed by atoms with van der Waals surface area (Å²) in [4.78, 5) is 20.8. The summed E-state index contributed by atoms with van der Waals surface area (Å²) in [5, 5.41) is 12.0. The molecule has 0 aliphatic carbocycles. The van der Waals surface area contributed by atoms with Gasteiger partial charge in [-0.3, -0.25) is 14.7 Å². The van der Waals surface area contributed by atoms with Crippen molar-refractivity contribution in [1.82, 2.24) is 20.9 Å². The molecule has 1 aromatic heterocycles. The van der Waals surface area contributed by atoms with E-state index in [0.29, 0.717) is 18.2 Å². The number of likely N-dealkylation sites (tertiary alicyclic amines) is 1. The van der Waals surface area contributed by atoms with Gasteiger partial charge in [0.15, 0.2) is 5.96 Å². The second kappa shape index (κ2) is 12.6. The number of hydrogen-bond acceptors (Lipinski definition) is 4. The van der Waals surface area contributed by atoms with Crippen molar-refractivity contribution in [1.29, 1.82) is 0 Å². The fourth-order valence-corrected chi connectivity index (χ4v) is 4.64. The quantitative estimate of drug-likeness (QED) is 0.263. The van der Waals surface area contributed by atoms with E-state index in [2.05, 4.69) is 43.4 Å². The van der Waals surface area contributed by atoms with Crippen LogP contribution >= 0.6 is 35.3 Å². The van der Waals surface area contributed by atoms with Crippen LogP contribution in [0.3, 0.4) is 0 Å². The first-order chi connectivity index (χ1) is 14.9. The number of rotatable bonds is 7. The highest BCUT2D eigenvalue weighted by molar-refractivity contribution is 14.0. The number of aliphatic imine (C=N–C) groups is 1. The number of benzene rings is 1. The van der Waals surface area contributed by atoms with E-state index in [-0.39, 0.29) is 35.4 Å². The van der Waals surface area contributed by atoms with Crippen LogP contribution in [-0.2, 0) is 6.54 Å². The second-order valence-electron chi connectivity index (χ2n) is 8.99. The van der Waals surface area contributed by atoms with Crippen LogP contribution in [0.5, 0.6) is 0 Å². The first kappa shape index (κ1) is 26.6. The van der Waals surface area contributed by atoms with Crippen molar-refractivity contribution in [2.75, 3.05) is 26.7 Å². The molecule has 1 fully saturated rings. The van der Waals surface area contributed by atoms with E-state index in [0.717, 1.165) is 31.2 Å². The smallest absolute Gasteiger partial charge is 0.251 e. The number of guanidine groups is 1. The van der Waals surface area contributed by atoms with Gasteiger partial charge in [0.05, 0.1) is 6.04 Å². The summed E-state index contributed by atoms with van der Waals surface area (Å²) in [6.07, 6.45) is 2.54. The van der Waals surface area contributed by atoms with Gasteiger partial charge in [0.1, 0.15) is 0 Å². The number of carbonyl (C=O) groups is 1. The largest absolute Gasteiger partial charge is 0.354 e. The predicted molar refractivity (Wildman–Crippen MR) is 145 cm³/mol. The van der Waals surface area contributed by atoms with Crippen molar-refractivity contribution in [2.24, 2.45) is 4.99 Å². The molecule has 1 aromatic carbocycles. The summed E-state index contributed by atoms with van der Waals surface area (Å²) < 4.78 is 0. The van der Waals surface area contributed by atoms with E-state index >= 15 is 0 Å². The summed E-state index contributed by atoms with van der Waals surface area (Å²) in [6.45, 7) is 9.67. The standard InChI is InChI=1S/C24H35N5OS.HI/c1-24(2,3)28-22(30)19-10-7-9-18(15-19)16-26-23(25-4)27-17-20(21-11-8-14-31-21)29-12-5-6-13-29;/h7-11,14-15,20H,5-6,12-13,16-17H2,1-4H3,(H,28,30)(H2,25,26,27);1H. The number of thiophene rings is 1. The zero-order valence-electron chi connectivity index (χ0n) is 19.5. The molecule has 32 heavy (non-hydrogen) atoms. The zero-order valence-corrected chi connectivity index (χ0v) is 22.6. The normalized spacial score (nSPS) is 15.7. The van der Waals surface area contributed by atoms with Crippen LogP contribution in [0.2, 0.25) is 0 Å². The Morgan fingerprint density at radius 1 is 1.16 bits per heavy atom. The fourth-order valence-electron chi connectivity index (χ4n) is 3.78. The maximum Gasteiger partial charge on any atom is 0.251 e. The average molecular weight is 570 g/mol. The first-order valence-corrected chi connectivity index (χ1v) is 11.9. The Kier molecular flexibility index (Phi) is 10.4. The third-order valence-corrected chi connectivity index (χ3v) is 6.25. The molecule has 0 radical (unpaired) electrons. The maximum atomic E-state index is 12.5. The lowest BCUT2D eigenvalue weighted by Crippen LogP contribution is -2.42. The van der Waals surface area contributed by atoms with Gasteiger partial charge in [0, 0.05) is 36.1 Å². The molecule has 8 heteroatoms. The molecule has 0 saturated carbocycles. The van der Waals surface area contributed by atoms with Gasteiger partial charge in [-0.1, -0.05) is 18.2 Å². The molecule has 2 aromatic rings. The van der Waals surface area contributed by atoms with Crippen molar-refractivity contribution in [3.63, 3.8) is 0 Å². The third kappa shape index (κ3) is 8.04. The van der Waals surface area contributed by atoms with E-state index in [1.54, 1.807) is 7.05 Å². The van der Waals surface area contributed by atoms with Crippen LogP contribution in [0.25, 0.3) is 0 Å². The van der Waals surface area contributed by atoms with Crippen LogP contribution in [0.1, 0.15) is 60.5 Å². The molecule has 0 spiro atoms. The van der Waals surface area contributed by atoms with Gasteiger partial charge < -0.3 is 16.0 Å². The molecule has 2 heterocycles. The van der Waals surface area contributed by atoms with Crippen molar-refractivity contribution in [3.05, 3.63) is 57.8 Å². The van der Waals surface area contributed by atoms with Crippen molar-refractivity contribution in [2.45, 2.75) is 51.7 Å². The molecular weight excluding hydrogens is 533 g/mol. The van der Waals surface area contributed by atoms with Crippen LogP contribution in [0.4, 0.5) is 0 Å². The summed E-state index contributed by atoms with van der Waals surface area (Å²) in [5.74, 6) is 0.714. The van der Waals surface area contributed by atoms with Gasteiger partial charge in [-0.15, -0.1) is 35.3 Å². The lowest BCUT2D eigenvalue weighted by atomic mass is 10.1. The minimum absolute atomic E-state index is 0. The van der Waals surface area contributed by atoms with Crippen LogP contribution in [-0.4, -0.2) is 49.0 Å². The topological polar surface area (TPSA) is 68.8 Å². The summed E-state index contributed by atoms with van der Waals surface area (Å²) in [7, 11) is 1.79. The molecule has 1 aliphatic heterocycles. The highest BCUT2D eigenvalue weighted by Gasteiger charge is 2.24. The number of nitrogens with one attached hydrogen (secondary N) is 3. The summed E-state index contributed by atoms with van der Waals surface area (Å²) in [5.41, 5.74) is 1.45. The first-order valence-electron chi connectivity index (χ1n) is 11.0. The number of halogens is 1. The van der Waals surface area contributed by atoms with E-state index in [4.69, 9.17) is 0 Å². The highest BCUT2D eigenvalue weighted by atomic mass is 127. The van der Waals surface area contributed by atoms with Crippen molar-refractivity contribution >= 4 is 47.2 Å². The molecule has 176 valence electrons. The van der Waals surface area contributed by atoms with E-state index in [1.807, 2.05) is 56.4 Å². The maximum absolute atomic E-state index is 12.5. The van der Waals surface area contributed by atoms with Gasteiger partial charge >= 0.3 is 0 Å². The molecule has 3 rings (SSSR count).